The zero-order valence-corrected chi connectivity index (χ0v) is 11.7. The van der Waals surface area contributed by atoms with Crippen molar-refractivity contribution in [1.82, 2.24) is 24.9 Å². The van der Waals surface area contributed by atoms with Crippen LogP contribution >= 0.6 is 0 Å². The van der Waals surface area contributed by atoms with Gasteiger partial charge in [-0.25, -0.2) is 9.97 Å². The van der Waals surface area contributed by atoms with E-state index in [1.807, 2.05) is 19.9 Å². The molecule has 3 aromatic rings. The number of hydrogen-bond acceptors (Lipinski definition) is 7. The fourth-order valence-corrected chi connectivity index (χ4v) is 2.03. The molecule has 0 saturated carbocycles. The third kappa shape index (κ3) is 2.45. The van der Waals surface area contributed by atoms with Gasteiger partial charge >= 0.3 is 0 Å². The molecule has 0 aromatic carbocycles. The first-order chi connectivity index (χ1) is 10.2. The topological polar surface area (TPSA) is 99.7 Å². The standard InChI is InChI=1S/C14H14N6O/c1-3-21-13-11-12(19-14(15)20-13)17-7-10(18-11)9-4-5-16-6-8(9)2/h4-7H,3H2,1-2H3,(H2,15,17,19,20). The molecule has 7 heteroatoms. The molecule has 0 amide bonds. The van der Waals surface area contributed by atoms with Crippen molar-refractivity contribution in [3.8, 4) is 17.1 Å². The Morgan fingerprint density at radius 1 is 1.19 bits per heavy atom. The first-order valence-corrected chi connectivity index (χ1v) is 6.53. The van der Waals surface area contributed by atoms with Crippen LogP contribution in [0.5, 0.6) is 5.88 Å². The van der Waals surface area contributed by atoms with Gasteiger partial charge in [-0.3, -0.25) is 4.98 Å². The Morgan fingerprint density at radius 3 is 2.81 bits per heavy atom. The molecule has 0 fully saturated rings. The van der Waals surface area contributed by atoms with Crippen molar-refractivity contribution < 1.29 is 4.74 Å². The smallest absolute Gasteiger partial charge is 0.247 e. The summed E-state index contributed by atoms with van der Waals surface area (Å²) in [6.07, 6.45) is 5.16. The van der Waals surface area contributed by atoms with Crippen molar-refractivity contribution in [2.45, 2.75) is 13.8 Å². The molecule has 0 aliphatic rings. The molecular weight excluding hydrogens is 268 g/mol. The van der Waals surface area contributed by atoms with Crippen LogP contribution in [0, 0.1) is 6.92 Å². The van der Waals surface area contributed by atoms with Gasteiger partial charge in [0.2, 0.25) is 11.8 Å². The average molecular weight is 282 g/mol. The van der Waals surface area contributed by atoms with E-state index < -0.39 is 0 Å². The Bertz CT molecular complexity index is 805. The van der Waals surface area contributed by atoms with Gasteiger partial charge in [-0.15, -0.1) is 0 Å². The highest BCUT2D eigenvalue weighted by atomic mass is 16.5. The summed E-state index contributed by atoms with van der Waals surface area (Å²) in [4.78, 5) is 21.1. The van der Waals surface area contributed by atoms with Gasteiger partial charge in [-0.2, -0.15) is 9.97 Å². The number of nitrogens with two attached hydrogens (primary N) is 1. The minimum Gasteiger partial charge on any atom is -0.476 e. The first-order valence-electron chi connectivity index (χ1n) is 6.53. The van der Waals surface area contributed by atoms with E-state index >= 15 is 0 Å². The molecule has 0 bridgehead atoms. The number of nitrogen functional groups attached to an aromatic ring is 1. The minimum absolute atomic E-state index is 0.119. The lowest BCUT2D eigenvalue weighted by atomic mass is 10.1. The highest BCUT2D eigenvalue weighted by Gasteiger charge is 2.12. The van der Waals surface area contributed by atoms with Gasteiger partial charge in [0.15, 0.2) is 11.2 Å². The molecule has 0 unspecified atom stereocenters. The molecule has 0 radical (unpaired) electrons. The number of fused-ring (bicyclic) bond motifs is 1. The predicted molar refractivity (Wildman–Crippen MR) is 78.7 cm³/mol. The van der Waals surface area contributed by atoms with Crippen LogP contribution in [0.1, 0.15) is 12.5 Å². The highest BCUT2D eigenvalue weighted by Crippen LogP contribution is 2.25. The summed E-state index contributed by atoms with van der Waals surface area (Å²) in [6.45, 7) is 4.30. The van der Waals surface area contributed by atoms with Gasteiger partial charge in [0.05, 0.1) is 18.5 Å². The summed E-state index contributed by atoms with van der Waals surface area (Å²) in [5.41, 5.74) is 9.26. The summed E-state index contributed by atoms with van der Waals surface area (Å²) >= 11 is 0. The minimum atomic E-state index is 0.119. The third-order valence-corrected chi connectivity index (χ3v) is 2.97. The van der Waals surface area contributed by atoms with E-state index in [1.54, 1.807) is 18.6 Å². The average Bonchev–Trinajstić information content (AvgIpc) is 2.48. The molecular formula is C14H14N6O. The molecule has 2 N–H and O–H groups in total. The second-order valence-electron chi connectivity index (χ2n) is 4.44. The Morgan fingerprint density at radius 2 is 2.05 bits per heavy atom. The number of aromatic nitrogens is 5. The number of anilines is 1. The Labute approximate surface area is 121 Å². The number of hydrogen-bond donors (Lipinski definition) is 1. The SMILES string of the molecule is CCOc1nc(N)nc2ncc(-c3ccncc3C)nc12. The molecule has 0 spiro atoms. The fraction of sp³-hybridized carbons (Fsp3) is 0.214. The monoisotopic (exact) mass is 282 g/mol. The van der Waals surface area contributed by atoms with Crippen LogP contribution in [0.2, 0.25) is 0 Å². The fourth-order valence-electron chi connectivity index (χ4n) is 2.03. The van der Waals surface area contributed by atoms with Crippen LogP contribution in [0.4, 0.5) is 5.95 Å². The molecule has 0 aliphatic carbocycles. The van der Waals surface area contributed by atoms with Crippen molar-refractivity contribution in [3.63, 3.8) is 0 Å². The molecule has 3 rings (SSSR count). The number of pyridine rings is 1. The lowest BCUT2D eigenvalue weighted by Crippen LogP contribution is -2.04. The summed E-state index contributed by atoms with van der Waals surface area (Å²) in [5.74, 6) is 0.467. The van der Waals surface area contributed by atoms with Crippen LogP contribution in [-0.4, -0.2) is 31.5 Å². The van der Waals surface area contributed by atoms with Gasteiger partial charge in [0, 0.05) is 18.0 Å². The van der Waals surface area contributed by atoms with Crippen LogP contribution < -0.4 is 10.5 Å². The molecule has 0 aliphatic heterocycles. The van der Waals surface area contributed by atoms with Crippen LogP contribution in [-0.2, 0) is 0 Å². The second-order valence-corrected chi connectivity index (χ2v) is 4.44. The van der Waals surface area contributed by atoms with Crippen LogP contribution in [0.25, 0.3) is 22.4 Å². The van der Waals surface area contributed by atoms with E-state index in [9.17, 15) is 0 Å². The molecule has 0 saturated heterocycles. The third-order valence-electron chi connectivity index (χ3n) is 2.97. The highest BCUT2D eigenvalue weighted by molar-refractivity contribution is 5.79. The number of nitrogens with zero attached hydrogens (tertiary/aromatic N) is 5. The Balaban J connectivity index is 2.22. The molecule has 3 heterocycles. The van der Waals surface area contributed by atoms with E-state index in [4.69, 9.17) is 10.5 Å². The normalized spacial score (nSPS) is 10.8. The summed E-state index contributed by atoms with van der Waals surface area (Å²) in [7, 11) is 0. The maximum absolute atomic E-state index is 5.65. The van der Waals surface area contributed by atoms with Crippen molar-refractivity contribution in [3.05, 3.63) is 30.2 Å². The van der Waals surface area contributed by atoms with Crippen molar-refractivity contribution >= 4 is 17.1 Å². The number of rotatable bonds is 3. The molecule has 3 aromatic heterocycles. The van der Waals surface area contributed by atoms with E-state index in [1.165, 1.54) is 0 Å². The zero-order valence-electron chi connectivity index (χ0n) is 11.7. The lowest BCUT2D eigenvalue weighted by molar-refractivity contribution is 0.330. The van der Waals surface area contributed by atoms with Crippen LogP contribution in [0.15, 0.2) is 24.7 Å². The molecule has 7 nitrogen and oxygen atoms in total. The quantitative estimate of drug-likeness (QED) is 0.781. The summed E-state index contributed by atoms with van der Waals surface area (Å²) < 4.78 is 5.48. The van der Waals surface area contributed by atoms with E-state index in [0.717, 1.165) is 16.8 Å². The van der Waals surface area contributed by atoms with Gasteiger partial charge < -0.3 is 10.5 Å². The van der Waals surface area contributed by atoms with Crippen molar-refractivity contribution in [1.29, 1.82) is 0 Å². The maximum Gasteiger partial charge on any atom is 0.247 e. The van der Waals surface area contributed by atoms with Gasteiger partial charge in [-0.05, 0) is 25.5 Å². The molecule has 21 heavy (non-hydrogen) atoms. The van der Waals surface area contributed by atoms with E-state index in [2.05, 4.69) is 24.9 Å². The second kappa shape index (κ2) is 5.28. The molecule has 106 valence electrons. The lowest BCUT2D eigenvalue weighted by Gasteiger charge is -2.08. The van der Waals surface area contributed by atoms with E-state index in [0.29, 0.717) is 23.7 Å². The van der Waals surface area contributed by atoms with Crippen LogP contribution in [0.3, 0.4) is 0 Å². The zero-order chi connectivity index (χ0) is 14.8. The largest absolute Gasteiger partial charge is 0.476 e. The van der Waals surface area contributed by atoms with Crippen molar-refractivity contribution in [2.75, 3.05) is 12.3 Å². The van der Waals surface area contributed by atoms with Gasteiger partial charge in [0.1, 0.15) is 0 Å². The maximum atomic E-state index is 5.65. The van der Waals surface area contributed by atoms with E-state index in [-0.39, 0.29) is 5.95 Å². The summed E-state index contributed by atoms with van der Waals surface area (Å²) in [6, 6.07) is 1.89. The van der Waals surface area contributed by atoms with Crippen molar-refractivity contribution in [2.24, 2.45) is 0 Å². The van der Waals surface area contributed by atoms with Gasteiger partial charge in [0.25, 0.3) is 0 Å². The van der Waals surface area contributed by atoms with Gasteiger partial charge in [-0.1, -0.05) is 0 Å². The Hall–Kier alpha value is -2.83. The predicted octanol–water partition coefficient (Wildman–Crippen LogP) is 1.77. The summed E-state index contributed by atoms with van der Waals surface area (Å²) in [5, 5.41) is 0. The Kier molecular flexibility index (Phi) is 3.31. The molecule has 0 atom stereocenters. The number of aryl methyl sites for hydroxylation is 1. The number of ether oxygens (including phenoxy) is 1. The first kappa shape index (κ1) is 13.2.